The molecule has 4 nitrogen and oxygen atoms in total. The Morgan fingerprint density at radius 1 is 1.24 bits per heavy atom. The van der Waals surface area contributed by atoms with Crippen molar-refractivity contribution in [2.45, 2.75) is 6.10 Å². The monoisotopic (exact) mass is 286 g/mol. The molecule has 0 saturated heterocycles. The molecule has 2 aromatic carbocycles. The zero-order valence-corrected chi connectivity index (χ0v) is 11.3. The molecule has 0 aromatic heterocycles. The Morgan fingerprint density at radius 3 is 2.71 bits per heavy atom. The Bertz CT molecular complexity index is 623. The van der Waals surface area contributed by atoms with Crippen LogP contribution in [0.4, 0.5) is 10.1 Å². The highest BCUT2D eigenvalue weighted by Gasteiger charge is 2.05. The topological polar surface area (TPSA) is 65.3 Å². The van der Waals surface area contributed by atoms with Crippen molar-refractivity contribution in [2.75, 3.05) is 18.5 Å². The summed E-state index contributed by atoms with van der Waals surface area (Å²) in [5, 5.41) is 21.6. The number of ether oxygens (including phenoxy) is 1. The fraction of sp³-hybridized carbons (Fsp3) is 0.188. The second kappa shape index (κ2) is 7.27. The summed E-state index contributed by atoms with van der Waals surface area (Å²) in [6.45, 7) is 0.382. The van der Waals surface area contributed by atoms with Crippen LogP contribution in [0.2, 0.25) is 0 Å². The fourth-order valence-electron chi connectivity index (χ4n) is 1.72. The zero-order chi connectivity index (χ0) is 15.1. The molecule has 0 fully saturated rings. The van der Waals surface area contributed by atoms with E-state index in [-0.39, 0.29) is 19.0 Å². The number of nitrogens with one attached hydrogen (secondary N) is 1. The minimum Gasteiger partial charge on any atom is -0.491 e. The Labute approximate surface area is 122 Å². The third-order valence-electron chi connectivity index (χ3n) is 2.79. The maximum absolute atomic E-state index is 12.7. The van der Waals surface area contributed by atoms with Crippen molar-refractivity contribution in [2.24, 2.45) is 0 Å². The number of nitriles is 1. The van der Waals surface area contributed by atoms with Gasteiger partial charge in [-0.2, -0.15) is 5.26 Å². The molecule has 2 N–H and O–H groups in total. The molecule has 0 bridgehead atoms. The molecule has 5 heteroatoms. The Hall–Kier alpha value is -2.58. The molecular weight excluding hydrogens is 271 g/mol. The van der Waals surface area contributed by atoms with E-state index in [4.69, 9.17) is 10.00 Å². The van der Waals surface area contributed by atoms with E-state index < -0.39 is 6.10 Å². The SMILES string of the molecule is N#Cc1cccc(NCC(O)COc2ccc(F)cc2)c1. The number of benzene rings is 2. The first-order valence-electron chi connectivity index (χ1n) is 6.48. The first kappa shape index (κ1) is 14.8. The lowest BCUT2D eigenvalue weighted by atomic mass is 10.2. The molecule has 0 saturated carbocycles. The molecule has 2 aromatic rings. The van der Waals surface area contributed by atoms with Crippen LogP contribution < -0.4 is 10.1 Å². The van der Waals surface area contributed by atoms with Crippen LogP contribution in [0.5, 0.6) is 5.75 Å². The van der Waals surface area contributed by atoms with Gasteiger partial charge in [0, 0.05) is 12.2 Å². The van der Waals surface area contributed by atoms with Gasteiger partial charge in [-0.05, 0) is 42.5 Å². The van der Waals surface area contributed by atoms with Crippen LogP contribution in [-0.4, -0.2) is 24.4 Å². The summed E-state index contributed by atoms with van der Waals surface area (Å²) in [4.78, 5) is 0. The quantitative estimate of drug-likeness (QED) is 0.856. The Morgan fingerprint density at radius 2 is 2.00 bits per heavy atom. The van der Waals surface area contributed by atoms with E-state index in [0.717, 1.165) is 5.69 Å². The Balaban J connectivity index is 1.78. The number of hydrogen-bond donors (Lipinski definition) is 2. The molecule has 0 aliphatic rings. The van der Waals surface area contributed by atoms with Crippen LogP contribution >= 0.6 is 0 Å². The summed E-state index contributed by atoms with van der Waals surface area (Å²) >= 11 is 0. The van der Waals surface area contributed by atoms with Gasteiger partial charge in [-0.1, -0.05) is 6.07 Å². The molecule has 0 radical (unpaired) electrons. The molecule has 1 unspecified atom stereocenters. The lowest BCUT2D eigenvalue weighted by Gasteiger charge is -2.14. The smallest absolute Gasteiger partial charge is 0.123 e. The molecule has 0 spiro atoms. The summed E-state index contributed by atoms with van der Waals surface area (Å²) in [6.07, 6.45) is -0.721. The second-order valence-corrected chi connectivity index (χ2v) is 4.49. The van der Waals surface area contributed by atoms with Crippen LogP contribution in [-0.2, 0) is 0 Å². The van der Waals surface area contributed by atoms with E-state index in [1.165, 1.54) is 24.3 Å². The van der Waals surface area contributed by atoms with Crippen molar-refractivity contribution in [1.29, 1.82) is 5.26 Å². The summed E-state index contributed by atoms with van der Waals surface area (Å²) < 4.78 is 18.1. The molecule has 21 heavy (non-hydrogen) atoms. The van der Waals surface area contributed by atoms with E-state index in [2.05, 4.69) is 5.32 Å². The van der Waals surface area contributed by atoms with Gasteiger partial charge in [0.15, 0.2) is 0 Å². The van der Waals surface area contributed by atoms with Crippen molar-refractivity contribution in [3.63, 3.8) is 0 Å². The van der Waals surface area contributed by atoms with E-state index >= 15 is 0 Å². The van der Waals surface area contributed by atoms with E-state index in [9.17, 15) is 9.50 Å². The maximum Gasteiger partial charge on any atom is 0.123 e. The normalized spacial score (nSPS) is 11.5. The average molecular weight is 286 g/mol. The number of halogens is 1. The fourth-order valence-corrected chi connectivity index (χ4v) is 1.72. The molecular formula is C16H15FN2O2. The van der Waals surface area contributed by atoms with Crippen molar-refractivity contribution < 1.29 is 14.2 Å². The molecule has 108 valence electrons. The van der Waals surface area contributed by atoms with E-state index in [0.29, 0.717) is 11.3 Å². The zero-order valence-electron chi connectivity index (χ0n) is 11.3. The van der Waals surface area contributed by atoms with Crippen molar-refractivity contribution in [1.82, 2.24) is 0 Å². The van der Waals surface area contributed by atoms with E-state index in [1.807, 2.05) is 12.1 Å². The molecule has 0 aliphatic heterocycles. The molecule has 1 atom stereocenters. The lowest BCUT2D eigenvalue weighted by Crippen LogP contribution is -2.26. The number of hydrogen-bond acceptors (Lipinski definition) is 4. The van der Waals surface area contributed by atoms with Crippen LogP contribution in [0.3, 0.4) is 0 Å². The Kier molecular flexibility index (Phi) is 5.13. The first-order chi connectivity index (χ1) is 10.2. The van der Waals surface area contributed by atoms with Gasteiger partial charge in [0.1, 0.15) is 24.3 Å². The van der Waals surface area contributed by atoms with Crippen molar-refractivity contribution in [3.8, 4) is 11.8 Å². The van der Waals surface area contributed by atoms with Gasteiger partial charge in [-0.3, -0.25) is 0 Å². The van der Waals surface area contributed by atoms with Crippen molar-refractivity contribution in [3.05, 3.63) is 59.9 Å². The van der Waals surface area contributed by atoms with Crippen LogP contribution in [0.1, 0.15) is 5.56 Å². The molecule has 0 amide bonds. The van der Waals surface area contributed by atoms with Gasteiger partial charge in [0.05, 0.1) is 11.6 Å². The highest BCUT2D eigenvalue weighted by molar-refractivity contribution is 5.49. The van der Waals surface area contributed by atoms with Gasteiger partial charge < -0.3 is 15.2 Å². The summed E-state index contributed by atoms with van der Waals surface area (Å²) in [7, 11) is 0. The van der Waals surface area contributed by atoms with Gasteiger partial charge in [-0.25, -0.2) is 4.39 Å². The number of nitrogens with zero attached hydrogens (tertiary/aromatic N) is 1. The third kappa shape index (κ3) is 4.79. The van der Waals surface area contributed by atoms with E-state index in [1.54, 1.807) is 18.2 Å². The van der Waals surface area contributed by atoms with Crippen LogP contribution in [0.25, 0.3) is 0 Å². The lowest BCUT2D eigenvalue weighted by molar-refractivity contribution is 0.117. The van der Waals surface area contributed by atoms with Gasteiger partial charge in [0.2, 0.25) is 0 Å². The maximum atomic E-state index is 12.7. The summed E-state index contributed by atoms with van der Waals surface area (Å²) in [5.74, 6) is 0.170. The predicted octanol–water partition coefficient (Wildman–Crippen LogP) is 2.55. The summed E-state index contributed by atoms with van der Waals surface area (Å²) in [5.41, 5.74) is 1.31. The first-order valence-corrected chi connectivity index (χ1v) is 6.48. The molecule has 0 aliphatic carbocycles. The highest BCUT2D eigenvalue weighted by Crippen LogP contribution is 2.12. The van der Waals surface area contributed by atoms with Gasteiger partial charge >= 0.3 is 0 Å². The van der Waals surface area contributed by atoms with Crippen LogP contribution in [0.15, 0.2) is 48.5 Å². The number of anilines is 1. The minimum atomic E-state index is -0.721. The summed E-state index contributed by atoms with van der Waals surface area (Å²) in [6, 6.07) is 14.6. The molecule has 0 heterocycles. The third-order valence-corrected chi connectivity index (χ3v) is 2.79. The van der Waals surface area contributed by atoms with Gasteiger partial charge in [0.25, 0.3) is 0 Å². The predicted molar refractivity (Wildman–Crippen MR) is 77.5 cm³/mol. The average Bonchev–Trinajstić information content (AvgIpc) is 2.52. The van der Waals surface area contributed by atoms with Crippen molar-refractivity contribution >= 4 is 5.69 Å². The minimum absolute atomic E-state index is 0.0938. The second-order valence-electron chi connectivity index (χ2n) is 4.49. The number of aliphatic hydroxyl groups excluding tert-OH is 1. The number of rotatable bonds is 6. The largest absolute Gasteiger partial charge is 0.491 e. The highest BCUT2D eigenvalue weighted by atomic mass is 19.1. The number of aliphatic hydroxyl groups is 1. The standard InChI is InChI=1S/C16H15FN2O2/c17-13-4-6-16(7-5-13)21-11-15(20)10-19-14-3-1-2-12(8-14)9-18/h1-8,15,19-20H,10-11H2. The van der Waals surface area contributed by atoms with Gasteiger partial charge in [-0.15, -0.1) is 0 Å². The molecule has 2 rings (SSSR count). The van der Waals surface area contributed by atoms with Crippen LogP contribution in [0, 0.1) is 17.1 Å².